The number of rotatable bonds is 6. The number of nitrogens with one attached hydrogen (secondary N) is 1. The monoisotopic (exact) mass is 245 g/mol. The third kappa shape index (κ3) is 5.75. The molecule has 1 unspecified atom stereocenters. The molecule has 1 amide bonds. The number of carbonyl (C=O) groups is 1. The minimum atomic E-state index is 0.154. The van der Waals surface area contributed by atoms with E-state index >= 15 is 0 Å². The van der Waals surface area contributed by atoms with Crippen molar-refractivity contribution in [1.82, 2.24) is 5.32 Å². The van der Waals surface area contributed by atoms with Gasteiger partial charge in [0.25, 0.3) is 0 Å². The summed E-state index contributed by atoms with van der Waals surface area (Å²) in [5.74, 6) is 0.680. The topological polar surface area (TPSA) is 49.3 Å². The third-order valence-corrected chi connectivity index (χ3v) is 4.24. The lowest BCUT2D eigenvalue weighted by molar-refractivity contribution is -0.119. The zero-order valence-corrected chi connectivity index (χ0v) is 10.9. The van der Waals surface area contributed by atoms with Crippen LogP contribution in [0.5, 0.6) is 0 Å². The summed E-state index contributed by atoms with van der Waals surface area (Å²) in [4.78, 5) is 11.6. The van der Waals surface area contributed by atoms with Crippen LogP contribution in [-0.2, 0) is 4.79 Å². The second kappa shape index (κ2) is 7.96. The van der Waals surface area contributed by atoms with Crippen molar-refractivity contribution >= 4 is 17.7 Å². The van der Waals surface area contributed by atoms with Crippen molar-refractivity contribution in [3.63, 3.8) is 0 Å². The van der Waals surface area contributed by atoms with Gasteiger partial charge in [-0.1, -0.05) is 26.2 Å². The lowest BCUT2D eigenvalue weighted by atomic mass is 9.95. The first-order chi connectivity index (χ1) is 7.72. The van der Waals surface area contributed by atoms with Crippen LogP contribution in [0.25, 0.3) is 0 Å². The van der Waals surface area contributed by atoms with Gasteiger partial charge in [-0.3, -0.25) is 4.79 Å². The second-order valence-electron chi connectivity index (χ2n) is 4.54. The first-order valence-electron chi connectivity index (χ1n) is 6.24. The smallest absolute Gasteiger partial charge is 0.230 e. The molecular weight excluding hydrogens is 222 g/mol. The van der Waals surface area contributed by atoms with Crippen molar-refractivity contribution in [3.05, 3.63) is 0 Å². The number of aliphatic hydroxyl groups is 1. The average molecular weight is 245 g/mol. The average Bonchev–Trinajstić information content (AvgIpc) is 2.28. The van der Waals surface area contributed by atoms with Gasteiger partial charge in [0.15, 0.2) is 0 Å². The summed E-state index contributed by atoms with van der Waals surface area (Å²) in [5.41, 5.74) is 0. The van der Waals surface area contributed by atoms with Crippen LogP contribution >= 0.6 is 11.8 Å². The van der Waals surface area contributed by atoms with Crippen molar-refractivity contribution in [3.8, 4) is 0 Å². The van der Waals surface area contributed by atoms with Crippen LogP contribution in [0.15, 0.2) is 0 Å². The number of amides is 1. The molecule has 0 aromatic carbocycles. The largest absolute Gasteiger partial charge is 0.396 e. The predicted octanol–water partition coefficient (Wildman–Crippen LogP) is 1.94. The third-order valence-electron chi connectivity index (χ3n) is 3.00. The molecule has 0 aromatic heterocycles. The summed E-state index contributed by atoms with van der Waals surface area (Å²) in [6, 6.07) is 0.412. The van der Waals surface area contributed by atoms with Gasteiger partial charge in [0.2, 0.25) is 5.91 Å². The van der Waals surface area contributed by atoms with Crippen molar-refractivity contribution in [2.24, 2.45) is 0 Å². The summed E-state index contributed by atoms with van der Waals surface area (Å²) < 4.78 is 0. The summed E-state index contributed by atoms with van der Waals surface area (Å²) in [7, 11) is 0. The molecule has 2 N–H and O–H groups in total. The maximum absolute atomic E-state index is 11.6. The fraction of sp³-hybridized carbons (Fsp3) is 0.917. The number of thioether (sulfide) groups is 1. The van der Waals surface area contributed by atoms with Crippen LogP contribution in [-0.4, -0.2) is 34.7 Å². The summed E-state index contributed by atoms with van der Waals surface area (Å²) in [6.07, 6.45) is 6.86. The molecule has 1 aliphatic rings. The van der Waals surface area contributed by atoms with Crippen LogP contribution in [0, 0.1) is 0 Å². The highest BCUT2D eigenvalue weighted by Gasteiger charge is 2.15. The molecule has 0 radical (unpaired) electrons. The van der Waals surface area contributed by atoms with Crippen LogP contribution < -0.4 is 5.32 Å². The van der Waals surface area contributed by atoms with Gasteiger partial charge in [0.1, 0.15) is 0 Å². The summed E-state index contributed by atoms with van der Waals surface area (Å²) in [5, 5.41) is 12.2. The van der Waals surface area contributed by atoms with Gasteiger partial charge >= 0.3 is 0 Å². The second-order valence-corrected chi connectivity index (χ2v) is 5.96. The number of hydrogen-bond acceptors (Lipinski definition) is 3. The first-order valence-corrected chi connectivity index (χ1v) is 7.29. The fourth-order valence-corrected chi connectivity index (χ4v) is 2.79. The van der Waals surface area contributed by atoms with E-state index in [1.807, 2.05) is 0 Å². The SMILES string of the molecule is CC(CCO)SCC(=O)NC1CCCCC1. The Kier molecular flexibility index (Phi) is 6.88. The van der Waals surface area contributed by atoms with Gasteiger partial charge in [-0.25, -0.2) is 0 Å². The molecule has 94 valence electrons. The van der Waals surface area contributed by atoms with E-state index in [1.165, 1.54) is 19.3 Å². The Bertz CT molecular complexity index is 205. The van der Waals surface area contributed by atoms with E-state index in [0.29, 0.717) is 17.0 Å². The maximum Gasteiger partial charge on any atom is 0.230 e. The molecular formula is C12H23NO2S. The molecule has 0 spiro atoms. The minimum absolute atomic E-state index is 0.154. The van der Waals surface area contributed by atoms with Crippen LogP contribution in [0.2, 0.25) is 0 Å². The van der Waals surface area contributed by atoms with Crippen LogP contribution in [0.1, 0.15) is 45.4 Å². The minimum Gasteiger partial charge on any atom is -0.396 e. The van der Waals surface area contributed by atoms with Crippen molar-refractivity contribution in [2.45, 2.75) is 56.7 Å². The first kappa shape index (κ1) is 13.8. The van der Waals surface area contributed by atoms with Crippen molar-refractivity contribution in [2.75, 3.05) is 12.4 Å². The van der Waals surface area contributed by atoms with Crippen LogP contribution in [0.3, 0.4) is 0 Å². The number of hydrogen-bond donors (Lipinski definition) is 2. The van der Waals surface area contributed by atoms with E-state index in [9.17, 15) is 4.79 Å². The standard InChI is InChI=1S/C12H23NO2S/c1-10(7-8-14)16-9-12(15)13-11-5-3-2-4-6-11/h10-11,14H,2-9H2,1H3,(H,13,15). The molecule has 4 heteroatoms. The molecule has 0 saturated heterocycles. The molecule has 0 bridgehead atoms. The van der Waals surface area contributed by atoms with E-state index in [-0.39, 0.29) is 12.5 Å². The Morgan fingerprint density at radius 3 is 2.75 bits per heavy atom. The zero-order valence-electron chi connectivity index (χ0n) is 10.1. The van der Waals surface area contributed by atoms with Gasteiger partial charge in [-0.05, 0) is 19.3 Å². The van der Waals surface area contributed by atoms with E-state index < -0.39 is 0 Å². The molecule has 1 atom stereocenters. The Morgan fingerprint density at radius 2 is 2.12 bits per heavy atom. The maximum atomic E-state index is 11.6. The predicted molar refractivity (Wildman–Crippen MR) is 68.6 cm³/mol. The Hall–Kier alpha value is -0.220. The van der Waals surface area contributed by atoms with E-state index in [1.54, 1.807) is 11.8 Å². The molecule has 0 aliphatic heterocycles. The van der Waals surface area contributed by atoms with Gasteiger partial charge in [0, 0.05) is 17.9 Å². The normalized spacial score (nSPS) is 19.4. The highest BCUT2D eigenvalue weighted by molar-refractivity contribution is 8.00. The van der Waals surface area contributed by atoms with E-state index in [2.05, 4.69) is 12.2 Å². The fourth-order valence-electron chi connectivity index (χ4n) is 2.00. The quantitative estimate of drug-likeness (QED) is 0.752. The van der Waals surface area contributed by atoms with Gasteiger partial charge in [-0.2, -0.15) is 0 Å². The Balaban J connectivity index is 2.10. The molecule has 16 heavy (non-hydrogen) atoms. The molecule has 0 heterocycles. The lowest BCUT2D eigenvalue weighted by Crippen LogP contribution is -2.37. The molecule has 1 saturated carbocycles. The van der Waals surface area contributed by atoms with Crippen molar-refractivity contribution in [1.29, 1.82) is 0 Å². The van der Waals surface area contributed by atoms with E-state index in [0.717, 1.165) is 19.3 Å². The molecule has 1 rings (SSSR count). The highest BCUT2D eigenvalue weighted by atomic mass is 32.2. The lowest BCUT2D eigenvalue weighted by Gasteiger charge is -2.22. The molecule has 0 aromatic rings. The van der Waals surface area contributed by atoms with Crippen LogP contribution in [0.4, 0.5) is 0 Å². The Labute approximate surface area is 102 Å². The molecule has 3 nitrogen and oxygen atoms in total. The number of aliphatic hydroxyl groups excluding tert-OH is 1. The number of carbonyl (C=O) groups excluding carboxylic acids is 1. The summed E-state index contributed by atoms with van der Waals surface area (Å²) in [6.45, 7) is 2.26. The van der Waals surface area contributed by atoms with Crippen molar-refractivity contribution < 1.29 is 9.90 Å². The summed E-state index contributed by atoms with van der Waals surface area (Å²) >= 11 is 1.63. The zero-order chi connectivity index (χ0) is 11.8. The van der Waals surface area contributed by atoms with Gasteiger partial charge in [-0.15, -0.1) is 11.8 Å². The Morgan fingerprint density at radius 1 is 1.44 bits per heavy atom. The van der Waals surface area contributed by atoms with Gasteiger partial charge < -0.3 is 10.4 Å². The highest BCUT2D eigenvalue weighted by Crippen LogP contribution is 2.18. The van der Waals surface area contributed by atoms with E-state index in [4.69, 9.17) is 5.11 Å². The molecule has 1 fully saturated rings. The van der Waals surface area contributed by atoms with Gasteiger partial charge in [0.05, 0.1) is 5.75 Å². The molecule has 1 aliphatic carbocycles.